The van der Waals surface area contributed by atoms with Crippen LogP contribution >= 0.6 is 0 Å². The lowest BCUT2D eigenvalue weighted by atomic mass is 9.70. The molecule has 1 atom stereocenters. The van der Waals surface area contributed by atoms with Crippen molar-refractivity contribution in [2.45, 2.75) is 5.41 Å². The summed E-state index contributed by atoms with van der Waals surface area (Å²) in [6.07, 6.45) is 0. The number of hydrogen-bond donors (Lipinski definition) is 0. The Morgan fingerprint density at radius 3 is 1.34 bits per heavy atom. The first kappa shape index (κ1) is 44.5. The van der Waals surface area contributed by atoms with Gasteiger partial charge >= 0.3 is 0 Å². The Morgan fingerprint density at radius 1 is 0.221 bits per heavy atom. The van der Waals surface area contributed by atoms with Gasteiger partial charge in [-0.05, 0) is 138 Å². The molecule has 0 saturated carbocycles. The van der Waals surface area contributed by atoms with Crippen LogP contribution in [0.5, 0.6) is 0 Å². The Bertz CT molecular complexity index is 4370. The normalized spacial score (nSPS) is 13.8. The molecule has 0 amide bonds. The first-order valence-electron chi connectivity index (χ1n) is 26.7. The number of hydrogen-bond acceptors (Lipinski definition) is 2. The summed E-state index contributed by atoms with van der Waals surface area (Å²) in [6, 6.07) is 112. The number of anilines is 6. The second-order valence-corrected chi connectivity index (χ2v) is 20.3. The van der Waals surface area contributed by atoms with Crippen LogP contribution in [0.1, 0.15) is 22.3 Å². The molecule has 0 N–H and O–H groups in total. The molecule has 0 saturated heterocycles. The van der Waals surface area contributed by atoms with Crippen LogP contribution in [-0.2, 0) is 5.41 Å². The minimum Gasteiger partial charge on any atom is -0.310 e. The van der Waals surface area contributed by atoms with Crippen LogP contribution in [0.25, 0.3) is 77.2 Å². The average Bonchev–Trinajstić information content (AvgIpc) is 4.21. The number of para-hydroxylation sites is 2. The Hall–Kier alpha value is -10.0. The van der Waals surface area contributed by atoms with E-state index < -0.39 is 5.41 Å². The van der Waals surface area contributed by atoms with Gasteiger partial charge in [0.15, 0.2) is 0 Å². The Kier molecular flexibility index (Phi) is 10.5. The maximum absolute atomic E-state index is 2.52. The molecule has 0 bridgehead atoms. The first-order chi connectivity index (χ1) is 38.2. The van der Waals surface area contributed by atoms with Gasteiger partial charge in [0.2, 0.25) is 0 Å². The van der Waals surface area contributed by atoms with Crippen LogP contribution in [0.15, 0.2) is 303 Å². The van der Waals surface area contributed by atoms with E-state index in [1.807, 2.05) is 0 Å². The second kappa shape index (κ2) is 18.1. The van der Waals surface area contributed by atoms with Gasteiger partial charge in [0.25, 0.3) is 0 Å². The van der Waals surface area contributed by atoms with Gasteiger partial charge in [0.05, 0.1) is 22.5 Å². The highest BCUT2D eigenvalue weighted by Gasteiger charge is 2.52. The van der Waals surface area contributed by atoms with E-state index in [4.69, 9.17) is 0 Å². The summed E-state index contributed by atoms with van der Waals surface area (Å²) in [5.41, 5.74) is 23.3. The fourth-order valence-electron chi connectivity index (χ4n) is 12.9. The van der Waals surface area contributed by atoms with Gasteiger partial charge in [-0.25, -0.2) is 0 Å². The third-order valence-corrected chi connectivity index (χ3v) is 16.3. The lowest BCUT2D eigenvalue weighted by Crippen LogP contribution is -2.26. The van der Waals surface area contributed by atoms with E-state index in [9.17, 15) is 0 Å². The highest BCUT2D eigenvalue weighted by atomic mass is 15.2. The summed E-state index contributed by atoms with van der Waals surface area (Å²) in [7, 11) is 0. The van der Waals surface area contributed by atoms with E-state index in [-0.39, 0.29) is 0 Å². The largest absolute Gasteiger partial charge is 0.310 e. The minimum absolute atomic E-state index is 0.644. The summed E-state index contributed by atoms with van der Waals surface area (Å²) in [5, 5.41) is 4.80. The molecule has 2 aliphatic rings. The predicted molar refractivity (Wildman–Crippen MR) is 323 cm³/mol. The molecule has 1 unspecified atom stereocenters. The van der Waals surface area contributed by atoms with Crippen LogP contribution in [0.2, 0.25) is 0 Å². The smallest absolute Gasteiger partial charge is 0.0727 e. The zero-order valence-corrected chi connectivity index (χ0v) is 42.3. The number of benzene rings is 13. The standard InChI is InChI=1S/C75H50N2/c1-4-21-51(22-5-1)52-39-41-56(42-40-52)74-62-32-13-11-26-55(62)43-48-73(74)76(57-28-8-3-9-29-57)58-44-46-65-63-33-14-17-35-67(63)75(69(65)49-58)68-36-18-15-34-64(68)66-47-45-59(50-70(66)75)77(72-38-20-27-54-25-10-12-30-61(54)72)71-37-19-16-31-60(71)53-23-6-2-7-24-53/h1-50H. The van der Waals surface area contributed by atoms with Crippen molar-refractivity contribution in [3.8, 4) is 55.6 Å². The maximum atomic E-state index is 2.52. The Labute approximate surface area is 449 Å². The van der Waals surface area contributed by atoms with Crippen LogP contribution in [0, 0.1) is 0 Å². The molecule has 360 valence electrons. The number of nitrogens with zero attached hydrogens (tertiary/aromatic N) is 2. The number of rotatable bonds is 9. The molecule has 2 aliphatic carbocycles. The molecule has 77 heavy (non-hydrogen) atoms. The SMILES string of the molecule is c1ccc(-c2ccc(-c3c(N(c4ccccc4)c4ccc5c(c4)C4(c6ccccc6-5)c5ccccc5-c5ccc(N(c6ccccc6-c6ccccc6)c6cccc7ccccc67)cc54)ccc4ccccc34)cc2)cc1. The topological polar surface area (TPSA) is 6.48 Å². The van der Waals surface area contributed by atoms with Crippen LogP contribution in [0.3, 0.4) is 0 Å². The maximum Gasteiger partial charge on any atom is 0.0727 e. The van der Waals surface area contributed by atoms with Gasteiger partial charge in [-0.2, -0.15) is 0 Å². The quantitative estimate of drug-likeness (QED) is 0.142. The van der Waals surface area contributed by atoms with Gasteiger partial charge in [0, 0.05) is 33.6 Å². The van der Waals surface area contributed by atoms with Crippen LogP contribution < -0.4 is 9.80 Å². The van der Waals surface area contributed by atoms with E-state index in [1.54, 1.807) is 0 Å². The third-order valence-electron chi connectivity index (χ3n) is 16.3. The highest BCUT2D eigenvalue weighted by Crippen LogP contribution is 2.64. The van der Waals surface area contributed by atoms with Gasteiger partial charge in [-0.15, -0.1) is 0 Å². The summed E-state index contributed by atoms with van der Waals surface area (Å²) in [4.78, 5) is 5.00. The molecular weight excluding hydrogens is 929 g/mol. The third kappa shape index (κ3) is 7.03. The molecular formula is C75H50N2. The lowest BCUT2D eigenvalue weighted by molar-refractivity contribution is 0.793. The molecule has 0 radical (unpaired) electrons. The molecule has 0 fully saturated rings. The van der Waals surface area contributed by atoms with Crippen molar-refractivity contribution in [1.29, 1.82) is 0 Å². The molecule has 0 heterocycles. The molecule has 13 aromatic rings. The molecule has 13 aromatic carbocycles. The van der Waals surface area contributed by atoms with E-state index in [0.29, 0.717) is 0 Å². The first-order valence-corrected chi connectivity index (χ1v) is 26.7. The summed E-state index contributed by atoms with van der Waals surface area (Å²) in [6.45, 7) is 0. The summed E-state index contributed by atoms with van der Waals surface area (Å²) in [5.74, 6) is 0. The van der Waals surface area contributed by atoms with E-state index in [1.165, 1.54) is 99.4 Å². The van der Waals surface area contributed by atoms with Gasteiger partial charge in [-0.1, -0.05) is 249 Å². The zero-order chi connectivity index (χ0) is 50.9. The molecule has 1 spiro atoms. The average molecular weight is 979 g/mol. The summed E-state index contributed by atoms with van der Waals surface area (Å²) < 4.78 is 0. The van der Waals surface area contributed by atoms with Gasteiger partial charge in [-0.3, -0.25) is 0 Å². The van der Waals surface area contributed by atoms with Crippen molar-refractivity contribution in [1.82, 2.24) is 0 Å². The van der Waals surface area contributed by atoms with Crippen molar-refractivity contribution < 1.29 is 0 Å². The lowest BCUT2D eigenvalue weighted by Gasteiger charge is -2.34. The monoisotopic (exact) mass is 978 g/mol. The van der Waals surface area contributed by atoms with Crippen molar-refractivity contribution >= 4 is 55.7 Å². The fourth-order valence-corrected chi connectivity index (χ4v) is 12.9. The highest BCUT2D eigenvalue weighted by molar-refractivity contribution is 6.07. The molecule has 15 rings (SSSR count). The molecule has 2 heteroatoms. The van der Waals surface area contributed by atoms with E-state index in [2.05, 4.69) is 313 Å². The Balaban J connectivity index is 0.978. The van der Waals surface area contributed by atoms with Gasteiger partial charge in [0.1, 0.15) is 0 Å². The predicted octanol–water partition coefficient (Wildman–Crippen LogP) is 20.3. The fraction of sp³-hybridized carbons (Fsp3) is 0.0133. The van der Waals surface area contributed by atoms with Crippen molar-refractivity contribution in [3.05, 3.63) is 326 Å². The summed E-state index contributed by atoms with van der Waals surface area (Å²) >= 11 is 0. The van der Waals surface area contributed by atoms with E-state index in [0.717, 1.165) is 34.1 Å². The van der Waals surface area contributed by atoms with Crippen molar-refractivity contribution in [2.75, 3.05) is 9.80 Å². The Morgan fingerprint density at radius 2 is 0.675 bits per heavy atom. The number of fused-ring (bicyclic) bond motifs is 12. The van der Waals surface area contributed by atoms with E-state index >= 15 is 0 Å². The van der Waals surface area contributed by atoms with Crippen molar-refractivity contribution in [2.24, 2.45) is 0 Å². The molecule has 0 aliphatic heterocycles. The molecule has 0 aromatic heterocycles. The zero-order valence-electron chi connectivity index (χ0n) is 42.3. The minimum atomic E-state index is -0.644. The molecule has 2 nitrogen and oxygen atoms in total. The second-order valence-electron chi connectivity index (χ2n) is 20.3. The van der Waals surface area contributed by atoms with Crippen LogP contribution in [0.4, 0.5) is 34.1 Å². The van der Waals surface area contributed by atoms with Gasteiger partial charge < -0.3 is 9.80 Å². The van der Waals surface area contributed by atoms with Crippen LogP contribution in [-0.4, -0.2) is 0 Å². The van der Waals surface area contributed by atoms with Crippen molar-refractivity contribution in [3.63, 3.8) is 0 Å².